The van der Waals surface area contributed by atoms with Gasteiger partial charge in [-0.3, -0.25) is 0 Å². The van der Waals surface area contributed by atoms with Crippen LogP contribution in [0.2, 0.25) is 0 Å². The quantitative estimate of drug-likeness (QED) is 0.829. The van der Waals surface area contributed by atoms with Crippen molar-refractivity contribution in [3.05, 3.63) is 72.2 Å². The van der Waals surface area contributed by atoms with E-state index in [0.717, 1.165) is 23.0 Å². The molecule has 0 saturated heterocycles. The van der Waals surface area contributed by atoms with Crippen LogP contribution in [0.5, 0.6) is 0 Å². The van der Waals surface area contributed by atoms with Crippen LogP contribution in [-0.2, 0) is 0 Å². The monoisotopic (exact) mass is 318 g/mol. The number of nitrogens with zero attached hydrogens (tertiary/aromatic N) is 2. The van der Waals surface area contributed by atoms with E-state index in [4.69, 9.17) is 0 Å². The van der Waals surface area contributed by atoms with Gasteiger partial charge in [0.15, 0.2) is 0 Å². The second-order valence-electron chi connectivity index (χ2n) is 6.49. The lowest BCUT2D eigenvalue weighted by atomic mass is 9.95. The maximum absolute atomic E-state index is 4.50. The number of anilines is 3. The highest BCUT2D eigenvalue weighted by atomic mass is 15.1. The summed E-state index contributed by atoms with van der Waals surface area (Å²) in [6.07, 6.45) is 9.81. The summed E-state index contributed by atoms with van der Waals surface area (Å²) in [6, 6.07) is 12.1. The maximum Gasteiger partial charge on any atom is 0.133 e. The minimum Gasteiger partial charge on any atom is -0.355 e. The van der Waals surface area contributed by atoms with Gasteiger partial charge in [-0.1, -0.05) is 44.2 Å². The third-order valence-electron chi connectivity index (χ3n) is 3.76. The van der Waals surface area contributed by atoms with Crippen LogP contribution in [-0.4, -0.2) is 11.2 Å². The van der Waals surface area contributed by atoms with Crippen molar-refractivity contribution < 1.29 is 0 Å². The minimum absolute atomic E-state index is 0.0401. The van der Waals surface area contributed by atoms with Gasteiger partial charge in [0.1, 0.15) is 11.6 Å². The first kappa shape index (κ1) is 16.0. The molecule has 122 valence electrons. The topological polar surface area (TPSA) is 49.3 Å². The molecule has 4 heteroatoms. The zero-order chi connectivity index (χ0) is 17.0. The molecule has 2 N–H and O–H groups in total. The van der Waals surface area contributed by atoms with E-state index in [1.165, 1.54) is 5.56 Å². The first-order valence-electron chi connectivity index (χ1n) is 8.02. The normalized spacial score (nSPS) is 15.5. The second-order valence-corrected chi connectivity index (χ2v) is 6.49. The largest absolute Gasteiger partial charge is 0.355 e. The molecule has 0 saturated carbocycles. The van der Waals surface area contributed by atoms with Crippen LogP contribution in [0.4, 0.5) is 17.2 Å². The van der Waals surface area contributed by atoms with Gasteiger partial charge in [-0.15, -0.1) is 0 Å². The van der Waals surface area contributed by atoms with E-state index in [1.54, 1.807) is 6.20 Å². The van der Waals surface area contributed by atoms with Crippen molar-refractivity contribution in [3.8, 4) is 0 Å². The van der Waals surface area contributed by atoms with Gasteiger partial charge in [-0.05, 0) is 30.7 Å². The van der Waals surface area contributed by atoms with Gasteiger partial charge in [0.05, 0.1) is 0 Å². The molecule has 0 aliphatic carbocycles. The lowest BCUT2D eigenvalue weighted by Crippen LogP contribution is -2.08. The molecule has 1 aliphatic rings. The number of para-hydroxylation sites is 1. The third-order valence-corrected chi connectivity index (χ3v) is 3.76. The Balaban J connectivity index is 1.76. The number of pyridine rings is 1. The Labute approximate surface area is 143 Å². The first-order valence-corrected chi connectivity index (χ1v) is 8.02. The Bertz CT molecular complexity index is 816. The number of hydrogen-bond donors (Lipinski definition) is 2. The van der Waals surface area contributed by atoms with Crippen molar-refractivity contribution in [1.29, 1.82) is 0 Å². The van der Waals surface area contributed by atoms with Crippen molar-refractivity contribution in [2.75, 3.05) is 10.6 Å². The number of aryl methyl sites for hydroxylation is 1. The molecule has 0 fully saturated rings. The third kappa shape index (κ3) is 4.10. The summed E-state index contributed by atoms with van der Waals surface area (Å²) in [5.41, 5.74) is 3.23. The second kappa shape index (κ2) is 6.71. The van der Waals surface area contributed by atoms with Gasteiger partial charge in [0.2, 0.25) is 0 Å². The first-order chi connectivity index (χ1) is 11.5. The summed E-state index contributed by atoms with van der Waals surface area (Å²) in [5, 5.41) is 6.68. The highest BCUT2D eigenvalue weighted by molar-refractivity contribution is 5.71. The summed E-state index contributed by atoms with van der Waals surface area (Å²) in [4.78, 5) is 8.88. The van der Waals surface area contributed by atoms with E-state index < -0.39 is 0 Å². The van der Waals surface area contributed by atoms with Crippen LogP contribution >= 0.6 is 0 Å². The molecule has 24 heavy (non-hydrogen) atoms. The van der Waals surface area contributed by atoms with Gasteiger partial charge in [0.25, 0.3) is 0 Å². The highest BCUT2D eigenvalue weighted by Gasteiger charge is 2.12. The van der Waals surface area contributed by atoms with Crippen molar-refractivity contribution in [1.82, 2.24) is 4.98 Å². The zero-order valence-corrected chi connectivity index (χ0v) is 14.2. The van der Waals surface area contributed by atoms with Crippen molar-refractivity contribution >= 4 is 23.4 Å². The van der Waals surface area contributed by atoms with Crippen LogP contribution in [0.1, 0.15) is 19.4 Å². The maximum atomic E-state index is 4.50. The van der Waals surface area contributed by atoms with E-state index in [1.807, 2.05) is 42.6 Å². The summed E-state index contributed by atoms with van der Waals surface area (Å²) >= 11 is 0. The van der Waals surface area contributed by atoms with Gasteiger partial charge in [-0.25, -0.2) is 9.98 Å². The summed E-state index contributed by atoms with van der Waals surface area (Å²) in [6.45, 7) is 6.32. The lowest BCUT2D eigenvalue weighted by Gasteiger charge is -2.12. The van der Waals surface area contributed by atoms with Gasteiger partial charge < -0.3 is 10.6 Å². The van der Waals surface area contributed by atoms with E-state index in [2.05, 4.69) is 59.6 Å². The molecule has 3 rings (SSSR count). The number of benzene rings is 1. The number of hydrogen-bond acceptors (Lipinski definition) is 4. The van der Waals surface area contributed by atoms with E-state index >= 15 is 0 Å². The smallest absolute Gasteiger partial charge is 0.133 e. The Morgan fingerprint density at radius 2 is 1.88 bits per heavy atom. The highest BCUT2D eigenvalue weighted by Crippen LogP contribution is 2.23. The Hall–Kier alpha value is -2.88. The molecule has 0 spiro atoms. The molecule has 0 radical (unpaired) electrons. The molecule has 1 aromatic carbocycles. The molecule has 0 atom stereocenters. The fraction of sp³-hybridized carbons (Fsp3) is 0.200. The fourth-order valence-electron chi connectivity index (χ4n) is 2.36. The van der Waals surface area contributed by atoms with E-state index in [-0.39, 0.29) is 5.41 Å². The van der Waals surface area contributed by atoms with Crippen LogP contribution in [0.3, 0.4) is 0 Å². The van der Waals surface area contributed by atoms with Crippen molar-refractivity contribution in [2.45, 2.75) is 20.8 Å². The number of aromatic nitrogens is 1. The van der Waals surface area contributed by atoms with Crippen LogP contribution < -0.4 is 10.6 Å². The molecule has 2 aromatic rings. The van der Waals surface area contributed by atoms with E-state index in [9.17, 15) is 0 Å². The molecular weight excluding hydrogens is 296 g/mol. The average molecular weight is 318 g/mol. The van der Waals surface area contributed by atoms with Crippen molar-refractivity contribution in [3.63, 3.8) is 0 Å². The minimum atomic E-state index is -0.0401. The Kier molecular flexibility index (Phi) is 4.47. The van der Waals surface area contributed by atoms with Crippen LogP contribution in [0.15, 0.2) is 71.6 Å². The van der Waals surface area contributed by atoms with E-state index in [0.29, 0.717) is 0 Å². The lowest BCUT2D eigenvalue weighted by molar-refractivity contribution is 0.695. The molecular formula is C20H22N4. The van der Waals surface area contributed by atoms with Gasteiger partial charge in [0, 0.05) is 35.3 Å². The molecule has 4 nitrogen and oxygen atoms in total. The summed E-state index contributed by atoms with van der Waals surface area (Å²) in [7, 11) is 0. The fourth-order valence-corrected chi connectivity index (χ4v) is 2.36. The van der Waals surface area contributed by atoms with Gasteiger partial charge in [-0.2, -0.15) is 0 Å². The predicted octanol–water partition coefficient (Wildman–Crippen LogP) is 5.05. The average Bonchev–Trinajstić information content (AvgIpc) is 2.71. The number of aliphatic imine (C=N–C) groups is 1. The van der Waals surface area contributed by atoms with Crippen LogP contribution in [0, 0.1) is 12.3 Å². The number of allylic oxidation sites excluding steroid dienone is 3. The Morgan fingerprint density at radius 3 is 2.71 bits per heavy atom. The van der Waals surface area contributed by atoms with Crippen LogP contribution in [0.25, 0.3) is 0 Å². The molecule has 2 heterocycles. The molecule has 0 bridgehead atoms. The standard InChI is InChI=1S/C20H22N4/c1-15-7-4-5-8-17(15)23-16-10-12-21-19(13-16)24-18-9-6-11-20(2,3)14-22-18/h4-14H,1-3H3,(H2,21,23,24). The van der Waals surface area contributed by atoms with Crippen molar-refractivity contribution in [2.24, 2.45) is 10.4 Å². The van der Waals surface area contributed by atoms with Gasteiger partial charge >= 0.3 is 0 Å². The molecule has 1 aromatic heterocycles. The molecule has 1 aliphatic heterocycles. The zero-order valence-electron chi connectivity index (χ0n) is 14.2. The SMILES string of the molecule is Cc1ccccc1Nc1ccnc(NC2=CC=CC(C)(C)C=N2)c1. The number of rotatable bonds is 4. The summed E-state index contributed by atoms with van der Waals surface area (Å²) in [5.74, 6) is 1.53. The summed E-state index contributed by atoms with van der Waals surface area (Å²) < 4.78 is 0. The number of nitrogens with one attached hydrogen (secondary N) is 2. The predicted molar refractivity (Wildman–Crippen MR) is 102 cm³/mol. The molecule has 0 amide bonds. The Morgan fingerprint density at radius 1 is 1.04 bits per heavy atom. The molecule has 0 unspecified atom stereocenters.